The number of ether oxygens (including phenoxy) is 3. The Hall–Kier alpha value is -4.77. The Bertz CT molecular complexity index is 1450. The van der Waals surface area contributed by atoms with Crippen LogP contribution in [0.25, 0.3) is 28.2 Å². The molecule has 0 fully saturated rings. The maximum Gasteiger partial charge on any atom is 0.262 e. The summed E-state index contributed by atoms with van der Waals surface area (Å²) < 4.78 is 15.9. The molecule has 0 atom stereocenters. The summed E-state index contributed by atoms with van der Waals surface area (Å²) in [7, 11) is 4.73. The number of aromatic amines is 1. The third-order valence-electron chi connectivity index (χ3n) is 5.53. The molecule has 2 N–H and O–H groups in total. The summed E-state index contributed by atoms with van der Waals surface area (Å²) in [6, 6.07) is 17.0. The van der Waals surface area contributed by atoms with Gasteiger partial charge in [0.2, 0.25) is 0 Å². The average Bonchev–Trinajstić information content (AvgIpc) is 3.31. The number of fused-ring (bicyclic) bond motifs is 1. The average molecular weight is 469 g/mol. The van der Waals surface area contributed by atoms with Gasteiger partial charge in [0, 0.05) is 35.5 Å². The van der Waals surface area contributed by atoms with Crippen LogP contribution >= 0.6 is 0 Å². The van der Waals surface area contributed by atoms with Gasteiger partial charge >= 0.3 is 0 Å². The zero-order valence-electron chi connectivity index (χ0n) is 19.6. The van der Waals surface area contributed by atoms with Crippen molar-refractivity contribution in [2.24, 2.45) is 0 Å². The zero-order valence-corrected chi connectivity index (χ0v) is 19.6. The minimum absolute atomic E-state index is 0.0156. The molecular formula is C27H24N4O4. The van der Waals surface area contributed by atoms with Crippen molar-refractivity contribution in [3.63, 3.8) is 0 Å². The number of hydrogen-bond acceptors (Lipinski definition) is 6. The lowest BCUT2D eigenvalue weighted by molar-refractivity contribution is -0.117. The standard InChI is InChI=1S/C27H24N4O4/c1-33-22-6-4-5-18(11-22)20-12-23-21(16-30-26(23)29-15-20)10-19(13-28)27(32)31-14-17-7-8-24(34-2)25(9-17)35-3/h4-12,15-16H,14H2,1-3H3,(H,29,30)(H,31,32)/b19-10+. The number of amides is 1. The number of pyridine rings is 1. The highest BCUT2D eigenvalue weighted by atomic mass is 16.5. The Balaban J connectivity index is 1.57. The van der Waals surface area contributed by atoms with Crippen LogP contribution in [-0.2, 0) is 11.3 Å². The molecule has 4 rings (SSSR count). The number of nitriles is 1. The first kappa shape index (κ1) is 23.4. The molecule has 0 aliphatic rings. The fourth-order valence-corrected chi connectivity index (χ4v) is 3.68. The van der Waals surface area contributed by atoms with Gasteiger partial charge in [0.25, 0.3) is 5.91 Å². The second kappa shape index (κ2) is 10.4. The van der Waals surface area contributed by atoms with E-state index in [1.165, 1.54) is 0 Å². The summed E-state index contributed by atoms with van der Waals surface area (Å²) in [5.74, 6) is 1.43. The lowest BCUT2D eigenvalue weighted by atomic mass is 10.0. The highest BCUT2D eigenvalue weighted by molar-refractivity contribution is 6.04. The number of aromatic nitrogens is 2. The van der Waals surface area contributed by atoms with Crippen LogP contribution in [-0.4, -0.2) is 37.2 Å². The van der Waals surface area contributed by atoms with Gasteiger partial charge in [-0.2, -0.15) is 5.26 Å². The number of rotatable bonds is 8. The van der Waals surface area contributed by atoms with Crippen LogP contribution in [0, 0.1) is 11.3 Å². The summed E-state index contributed by atoms with van der Waals surface area (Å²) in [6.07, 6.45) is 5.05. The van der Waals surface area contributed by atoms with E-state index < -0.39 is 5.91 Å². The van der Waals surface area contributed by atoms with Crippen LogP contribution in [0.5, 0.6) is 17.2 Å². The maximum atomic E-state index is 12.7. The van der Waals surface area contributed by atoms with Crippen molar-refractivity contribution in [2.45, 2.75) is 6.54 Å². The van der Waals surface area contributed by atoms with E-state index in [0.29, 0.717) is 22.7 Å². The second-order valence-corrected chi connectivity index (χ2v) is 7.64. The van der Waals surface area contributed by atoms with E-state index in [4.69, 9.17) is 14.2 Å². The number of benzene rings is 2. The molecule has 0 radical (unpaired) electrons. The fourth-order valence-electron chi connectivity index (χ4n) is 3.68. The Morgan fingerprint density at radius 3 is 2.63 bits per heavy atom. The van der Waals surface area contributed by atoms with E-state index in [-0.39, 0.29) is 12.1 Å². The summed E-state index contributed by atoms with van der Waals surface area (Å²) in [5.41, 5.74) is 3.98. The lowest BCUT2D eigenvalue weighted by Crippen LogP contribution is -2.24. The quantitative estimate of drug-likeness (QED) is 0.292. The van der Waals surface area contributed by atoms with Crippen molar-refractivity contribution in [1.29, 1.82) is 5.26 Å². The highest BCUT2D eigenvalue weighted by Gasteiger charge is 2.13. The number of hydrogen-bond donors (Lipinski definition) is 2. The van der Waals surface area contributed by atoms with Crippen LogP contribution in [0.15, 0.2) is 66.5 Å². The summed E-state index contributed by atoms with van der Waals surface area (Å²) in [6.45, 7) is 0.230. The molecule has 4 aromatic rings. The van der Waals surface area contributed by atoms with E-state index in [0.717, 1.165) is 27.8 Å². The van der Waals surface area contributed by atoms with Crippen LogP contribution in [0.1, 0.15) is 11.1 Å². The van der Waals surface area contributed by atoms with Crippen LogP contribution in [0.3, 0.4) is 0 Å². The first-order chi connectivity index (χ1) is 17.1. The molecule has 176 valence electrons. The number of carbonyl (C=O) groups is 1. The molecule has 2 aromatic carbocycles. The predicted octanol–water partition coefficient (Wildman–Crippen LogP) is 4.48. The molecule has 0 spiro atoms. The normalized spacial score (nSPS) is 11.1. The van der Waals surface area contributed by atoms with Crippen LogP contribution in [0.4, 0.5) is 0 Å². The fraction of sp³-hybridized carbons (Fsp3) is 0.148. The number of nitrogens with one attached hydrogen (secondary N) is 2. The first-order valence-corrected chi connectivity index (χ1v) is 10.8. The van der Waals surface area contributed by atoms with Crippen molar-refractivity contribution in [2.75, 3.05) is 21.3 Å². The summed E-state index contributed by atoms with van der Waals surface area (Å²) in [4.78, 5) is 20.3. The molecule has 0 aliphatic carbocycles. The number of nitrogens with zero attached hydrogens (tertiary/aromatic N) is 2. The van der Waals surface area contributed by atoms with Gasteiger partial charge in [0.15, 0.2) is 11.5 Å². The van der Waals surface area contributed by atoms with Gasteiger partial charge < -0.3 is 24.5 Å². The van der Waals surface area contributed by atoms with Crippen LogP contribution < -0.4 is 19.5 Å². The second-order valence-electron chi connectivity index (χ2n) is 7.64. The Morgan fingerprint density at radius 2 is 1.89 bits per heavy atom. The smallest absolute Gasteiger partial charge is 0.262 e. The monoisotopic (exact) mass is 468 g/mol. The van der Waals surface area contributed by atoms with E-state index in [9.17, 15) is 10.1 Å². The third kappa shape index (κ3) is 5.09. The molecule has 1 amide bonds. The molecule has 8 heteroatoms. The van der Waals surface area contributed by atoms with Crippen LogP contribution in [0.2, 0.25) is 0 Å². The van der Waals surface area contributed by atoms with Gasteiger partial charge in [-0.05, 0) is 47.5 Å². The first-order valence-electron chi connectivity index (χ1n) is 10.8. The van der Waals surface area contributed by atoms with Crippen molar-refractivity contribution < 1.29 is 19.0 Å². The summed E-state index contributed by atoms with van der Waals surface area (Å²) in [5, 5.41) is 13.2. The molecule has 2 heterocycles. The SMILES string of the molecule is COc1cccc(-c2cnc3[nH]cc(/C=C(\C#N)C(=O)NCc4ccc(OC)c(OC)c4)c3c2)c1. The van der Waals surface area contributed by atoms with Gasteiger partial charge in [0.05, 0.1) is 21.3 Å². The van der Waals surface area contributed by atoms with Gasteiger partial charge in [0.1, 0.15) is 23.0 Å². The molecule has 2 aromatic heterocycles. The van der Waals surface area contributed by atoms with E-state index in [1.54, 1.807) is 51.9 Å². The molecule has 0 aliphatic heterocycles. The number of carbonyl (C=O) groups excluding carboxylic acids is 1. The molecular weight excluding hydrogens is 444 g/mol. The minimum Gasteiger partial charge on any atom is -0.497 e. The van der Waals surface area contributed by atoms with Gasteiger partial charge in [-0.25, -0.2) is 4.98 Å². The summed E-state index contributed by atoms with van der Waals surface area (Å²) >= 11 is 0. The molecule has 0 saturated carbocycles. The minimum atomic E-state index is -0.478. The zero-order chi connectivity index (χ0) is 24.8. The van der Waals surface area contributed by atoms with Crippen molar-refractivity contribution in [3.05, 3.63) is 77.6 Å². The van der Waals surface area contributed by atoms with Crippen molar-refractivity contribution in [3.8, 4) is 34.4 Å². The van der Waals surface area contributed by atoms with Gasteiger partial charge in [-0.1, -0.05) is 18.2 Å². The molecule has 0 unspecified atom stereocenters. The molecule has 35 heavy (non-hydrogen) atoms. The predicted molar refractivity (Wildman–Crippen MR) is 133 cm³/mol. The number of methoxy groups -OCH3 is 3. The highest BCUT2D eigenvalue weighted by Crippen LogP contribution is 2.29. The van der Waals surface area contributed by atoms with Crippen molar-refractivity contribution >= 4 is 23.0 Å². The topological polar surface area (TPSA) is 109 Å². The third-order valence-corrected chi connectivity index (χ3v) is 5.53. The molecule has 8 nitrogen and oxygen atoms in total. The maximum absolute atomic E-state index is 12.7. The number of H-pyrrole nitrogens is 1. The van der Waals surface area contributed by atoms with E-state index in [1.807, 2.05) is 42.5 Å². The van der Waals surface area contributed by atoms with E-state index >= 15 is 0 Å². The Morgan fingerprint density at radius 1 is 1.06 bits per heavy atom. The van der Waals surface area contributed by atoms with Gasteiger partial charge in [-0.3, -0.25) is 4.79 Å². The lowest BCUT2D eigenvalue weighted by Gasteiger charge is -2.10. The van der Waals surface area contributed by atoms with E-state index in [2.05, 4.69) is 15.3 Å². The largest absolute Gasteiger partial charge is 0.497 e. The molecule has 0 saturated heterocycles. The van der Waals surface area contributed by atoms with Crippen molar-refractivity contribution in [1.82, 2.24) is 15.3 Å². The molecule has 0 bridgehead atoms. The Labute approximate surface area is 202 Å². The van der Waals surface area contributed by atoms with Gasteiger partial charge in [-0.15, -0.1) is 0 Å². The Kier molecular flexibility index (Phi) is 6.98.